The van der Waals surface area contributed by atoms with E-state index in [0.29, 0.717) is 6.61 Å². The third kappa shape index (κ3) is 4.34. The van der Waals surface area contributed by atoms with Gasteiger partial charge in [-0.1, -0.05) is 17.4 Å². The molecule has 1 aromatic rings. The van der Waals surface area contributed by atoms with Gasteiger partial charge < -0.3 is 4.74 Å². The molecule has 96 valence electrons. The average Bonchev–Trinajstić information content (AvgIpc) is 2.33. The third-order valence-electron chi connectivity index (χ3n) is 2.49. The number of benzene rings is 1. The fraction of sp³-hybridized carbons (Fsp3) is 0.538. The molecule has 4 nitrogen and oxygen atoms in total. The van der Waals surface area contributed by atoms with Crippen molar-refractivity contribution in [3.63, 3.8) is 0 Å². The van der Waals surface area contributed by atoms with E-state index in [9.17, 15) is 0 Å². The predicted molar refractivity (Wildman–Crippen MR) is 66.6 cm³/mol. The smallest absolute Gasteiger partial charge is 0.119 e. The van der Waals surface area contributed by atoms with Crippen LogP contribution in [0.3, 0.4) is 0 Å². The van der Waals surface area contributed by atoms with Gasteiger partial charge in [-0.05, 0) is 38.0 Å². The molecule has 0 spiro atoms. The van der Waals surface area contributed by atoms with Gasteiger partial charge in [-0.3, -0.25) is 9.68 Å². The maximum atomic E-state index is 5.40. The highest BCUT2D eigenvalue weighted by molar-refractivity contribution is 5.27. The van der Waals surface area contributed by atoms with Crippen molar-refractivity contribution in [2.24, 2.45) is 0 Å². The van der Waals surface area contributed by atoms with Crippen molar-refractivity contribution >= 4 is 0 Å². The first-order valence-electron chi connectivity index (χ1n) is 5.80. The number of hydroxylamine groups is 2. The summed E-state index contributed by atoms with van der Waals surface area (Å²) in [6, 6.07) is 8.24. The fourth-order valence-corrected chi connectivity index (χ4v) is 1.74. The molecule has 17 heavy (non-hydrogen) atoms. The first kappa shape index (κ1) is 14.0. The molecule has 0 aliphatic heterocycles. The SMILES string of the molecule is CCOc1ccc(CC(C)N(OC)OC)cc1. The van der Waals surface area contributed by atoms with Gasteiger partial charge in [0, 0.05) is 0 Å². The van der Waals surface area contributed by atoms with Crippen LogP contribution in [-0.4, -0.2) is 32.1 Å². The van der Waals surface area contributed by atoms with E-state index >= 15 is 0 Å². The fourth-order valence-electron chi connectivity index (χ4n) is 1.74. The van der Waals surface area contributed by atoms with Crippen molar-refractivity contribution in [1.82, 2.24) is 5.23 Å². The van der Waals surface area contributed by atoms with Crippen molar-refractivity contribution in [1.29, 1.82) is 0 Å². The summed E-state index contributed by atoms with van der Waals surface area (Å²) in [7, 11) is 3.19. The van der Waals surface area contributed by atoms with Crippen LogP contribution in [0.1, 0.15) is 19.4 Å². The van der Waals surface area contributed by atoms with E-state index in [1.807, 2.05) is 26.0 Å². The Hall–Kier alpha value is -1.10. The summed E-state index contributed by atoms with van der Waals surface area (Å²) < 4.78 is 5.40. The second kappa shape index (κ2) is 7.27. The molecule has 0 amide bonds. The van der Waals surface area contributed by atoms with E-state index in [2.05, 4.69) is 12.1 Å². The summed E-state index contributed by atoms with van der Waals surface area (Å²) in [5.41, 5.74) is 1.22. The van der Waals surface area contributed by atoms with E-state index in [0.717, 1.165) is 12.2 Å². The summed E-state index contributed by atoms with van der Waals surface area (Å²) in [6.45, 7) is 4.71. The maximum absolute atomic E-state index is 5.40. The average molecular weight is 239 g/mol. The van der Waals surface area contributed by atoms with Crippen LogP contribution < -0.4 is 4.74 Å². The molecule has 1 rings (SSSR count). The summed E-state index contributed by atoms with van der Waals surface area (Å²) in [5.74, 6) is 0.902. The topological polar surface area (TPSA) is 30.9 Å². The minimum atomic E-state index is 0.156. The van der Waals surface area contributed by atoms with Crippen LogP contribution in [-0.2, 0) is 16.1 Å². The molecule has 0 N–H and O–H groups in total. The summed E-state index contributed by atoms with van der Waals surface area (Å²) >= 11 is 0. The summed E-state index contributed by atoms with van der Waals surface area (Å²) in [5, 5.41) is 1.48. The van der Waals surface area contributed by atoms with Crippen molar-refractivity contribution in [2.45, 2.75) is 26.3 Å². The molecule has 0 heterocycles. The predicted octanol–water partition coefficient (Wildman–Crippen LogP) is 2.44. The van der Waals surface area contributed by atoms with Gasteiger partial charge in [0.15, 0.2) is 0 Å². The molecule has 1 aromatic carbocycles. The van der Waals surface area contributed by atoms with Gasteiger partial charge in [0.2, 0.25) is 0 Å². The van der Waals surface area contributed by atoms with Gasteiger partial charge in [0.05, 0.1) is 26.9 Å². The van der Waals surface area contributed by atoms with Gasteiger partial charge in [0.25, 0.3) is 0 Å². The quantitative estimate of drug-likeness (QED) is 0.684. The molecule has 1 unspecified atom stereocenters. The summed E-state index contributed by atoms with van der Waals surface area (Å²) in [6.07, 6.45) is 0.855. The molecule has 0 aromatic heterocycles. The zero-order valence-electron chi connectivity index (χ0n) is 11.0. The number of hydrogen-bond acceptors (Lipinski definition) is 4. The Morgan fingerprint density at radius 1 is 1.12 bits per heavy atom. The molecule has 0 saturated heterocycles. The lowest BCUT2D eigenvalue weighted by Gasteiger charge is -2.23. The standard InChI is InChI=1S/C13H21NO3/c1-5-17-13-8-6-12(7-9-13)10-11(2)14(15-3)16-4/h6-9,11H,5,10H2,1-4H3. The Labute approximate surface area is 103 Å². The van der Waals surface area contributed by atoms with E-state index in [1.54, 1.807) is 14.2 Å². The van der Waals surface area contributed by atoms with Crippen LogP contribution in [0.25, 0.3) is 0 Å². The van der Waals surface area contributed by atoms with Crippen molar-refractivity contribution in [3.05, 3.63) is 29.8 Å². The number of rotatable bonds is 7. The van der Waals surface area contributed by atoms with Crippen LogP contribution in [0.4, 0.5) is 0 Å². The van der Waals surface area contributed by atoms with Crippen LogP contribution >= 0.6 is 0 Å². The van der Waals surface area contributed by atoms with E-state index in [1.165, 1.54) is 10.8 Å². The molecule has 4 heteroatoms. The maximum Gasteiger partial charge on any atom is 0.119 e. The molecule has 0 aliphatic rings. The Morgan fingerprint density at radius 3 is 2.18 bits per heavy atom. The molecular formula is C13H21NO3. The minimum absolute atomic E-state index is 0.156. The van der Waals surface area contributed by atoms with Gasteiger partial charge in [0.1, 0.15) is 5.75 Å². The van der Waals surface area contributed by atoms with Crippen LogP contribution in [0.2, 0.25) is 0 Å². The van der Waals surface area contributed by atoms with Gasteiger partial charge in [-0.2, -0.15) is 0 Å². The highest BCUT2D eigenvalue weighted by Gasteiger charge is 2.13. The Kier molecular flexibility index (Phi) is 5.97. The highest BCUT2D eigenvalue weighted by Crippen LogP contribution is 2.15. The molecule has 0 saturated carbocycles. The summed E-state index contributed by atoms with van der Waals surface area (Å²) in [4.78, 5) is 10.2. The second-order valence-corrected chi connectivity index (χ2v) is 3.78. The van der Waals surface area contributed by atoms with Crippen LogP contribution in [0, 0.1) is 0 Å². The minimum Gasteiger partial charge on any atom is -0.494 e. The third-order valence-corrected chi connectivity index (χ3v) is 2.49. The van der Waals surface area contributed by atoms with Crippen molar-refractivity contribution in [2.75, 3.05) is 20.8 Å². The lowest BCUT2D eigenvalue weighted by atomic mass is 10.1. The van der Waals surface area contributed by atoms with Crippen molar-refractivity contribution < 1.29 is 14.4 Å². The normalized spacial score (nSPS) is 12.8. The Bertz CT molecular complexity index is 309. The van der Waals surface area contributed by atoms with Gasteiger partial charge in [-0.15, -0.1) is 0 Å². The zero-order valence-corrected chi connectivity index (χ0v) is 11.0. The largest absolute Gasteiger partial charge is 0.494 e. The number of ether oxygens (including phenoxy) is 1. The van der Waals surface area contributed by atoms with E-state index in [4.69, 9.17) is 14.4 Å². The van der Waals surface area contributed by atoms with Crippen molar-refractivity contribution in [3.8, 4) is 5.75 Å². The van der Waals surface area contributed by atoms with Crippen LogP contribution in [0.15, 0.2) is 24.3 Å². The van der Waals surface area contributed by atoms with Gasteiger partial charge >= 0.3 is 0 Å². The molecule has 0 aliphatic carbocycles. The molecule has 1 atom stereocenters. The molecular weight excluding hydrogens is 218 g/mol. The molecule has 0 radical (unpaired) electrons. The van der Waals surface area contributed by atoms with E-state index < -0.39 is 0 Å². The highest BCUT2D eigenvalue weighted by atomic mass is 16.9. The monoisotopic (exact) mass is 239 g/mol. The second-order valence-electron chi connectivity index (χ2n) is 3.78. The molecule has 0 bridgehead atoms. The Morgan fingerprint density at radius 2 is 1.71 bits per heavy atom. The van der Waals surface area contributed by atoms with Gasteiger partial charge in [-0.25, -0.2) is 0 Å². The number of nitrogens with zero attached hydrogens (tertiary/aromatic N) is 1. The first-order chi connectivity index (χ1) is 8.21. The zero-order chi connectivity index (χ0) is 12.7. The van der Waals surface area contributed by atoms with E-state index in [-0.39, 0.29) is 6.04 Å². The lowest BCUT2D eigenvalue weighted by molar-refractivity contribution is -0.361. The molecule has 0 fully saturated rings. The van der Waals surface area contributed by atoms with Crippen LogP contribution in [0.5, 0.6) is 5.75 Å². The Balaban J connectivity index is 2.56. The number of hydrogen-bond donors (Lipinski definition) is 0. The lowest BCUT2D eigenvalue weighted by Crippen LogP contribution is -2.32. The first-order valence-corrected chi connectivity index (χ1v) is 5.80.